The normalized spacial score (nSPS) is 11.4. The Morgan fingerprint density at radius 2 is 2.07 bits per heavy atom. The van der Waals surface area contributed by atoms with Crippen LogP contribution in [-0.2, 0) is 14.3 Å². The van der Waals surface area contributed by atoms with Crippen molar-refractivity contribution >= 4 is 17.5 Å². The Kier molecular flexibility index (Phi) is 5.41. The Morgan fingerprint density at radius 3 is 2.43 bits per heavy atom. The van der Waals surface area contributed by atoms with E-state index in [2.05, 4.69) is 9.53 Å². The maximum atomic E-state index is 11.4. The number of esters is 1. The minimum Gasteiger partial charge on any atom is -0.460 e. The molecule has 0 unspecified atom stereocenters. The monoisotopic (exact) mass is 198 g/mol. The Labute approximate surface area is 82.7 Å². The van der Waals surface area contributed by atoms with Crippen LogP contribution >= 0.6 is 0 Å². The quantitative estimate of drug-likeness (QED) is 0.216. The van der Waals surface area contributed by atoms with Crippen molar-refractivity contribution in [1.82, 2.24) is 0 Å². The first-order chi connectivity index (χ1) is 6.56. The van der Waals surface area contributed by atoms with E-state index in [-0.39, 0.29) is 12.3 Å². The largest absolute Gasteiger partial charge is 0.460 e. The Balaban J connectivity index is 4.50. The molecule has 14 heavy (non-hydrogen) atoms. The highest BCUT2D eigenvalue weighted by molar-refractivity contribution is 6.62. The van der Waals surface area contributed by atoms with E-state index in [0.29, 0.717) is 0 Å². The van der Waals surface area contributed by atoms with Crippen LogP contribution in [0.15, 0.2) is 0 Å². The van der Waals surface area contributed by atoms with Crippen molar-refractivity contribution < 1.29 is 19.1 Å². The summed E-state index contributed by atoms with van der Waals surface area (Å²) in [4.78, 5) is 24.9. The molecule has 78 valence electrons. The fraction of sp³-hybridized carbons (Fsp3) is 0.667. The molecule has 0 heterocycles. The third-order valence-electron chi connectivity index (χ3n) is 1.97. The maximum Gasteiger partial charge on any atom is 0.441 e. The van der Waals surface area contributed by atoms with Crippen LogP contribution in [0.5, 0.6) is 0 Å². The molecule has 0 rings (SSSR count). The predicted molar refractivity (Wildman–Crippen MR) is 49.7 cm³/mol. The van der Waals surface area contributed by atoms with Crippen molar-refractivity contribution in [3.05, 3.63) is 5.53 Å². The number of ketones is 1. The van der Waals surface area contributed by atoms with Gasteiger partial charge in [-0.3, -0.25) is 4.79 Å². The lowest BCUT2D eigenvalue weighted by atomic mass is 10.00. The number of Topliss-reactive ketones (excluding diaryl/α,β-unsaturated/α-hetero) is 1. The molecule has 0 saturated heterocycles. The molecule has 0 N–H and O–H groups in total. The summed E-state index contributed by atoms with van der Waals surface area (Å²) in [6, 6.07) is 0. The fourth-order valence-corrected chi connectivity index (χ4v) is 0.865. The van der Waals surface area contributed by atoms with Gasteiger partial charge in [0, 0.05) is 6.42 Å². The van der Waals surface area contributed by atoms with Crippen LogP contribution in [0.2, 0.25) is 0 Å². The highest BCUT2D eigenvalue weighted by Crippen LogP contribution is 2.07. The zero-order chi connectivity index (χ0) is 11.1. The Morgan fingerprint density at radius 1 is 1.50 bits per heavy atom. The van der Waals surface area contributed by atoms with Gasteiger partial charge in [0.15, 0.2) is 0 Å². The van der Waals surface area contributed by atoms with Gasteiger partial charge in [-0.15, -0.1) is 0 Å². The number of carbonyl (C=O) groups is 2. The third-order valence-corrected chi connectivity index (χ3v) is 1.97. The lowest BCUT2D eigenvalue weighted by Crippen LogP contribution is -2.27. The van der Waals surface area contributed by atoms with Gasteiger partial charge in [0.05, 0.1) is 7.11 Å². The van der Waals surface area contributed by atoms with Gasteiger partial charge in [0.2, 0.25) is 0 Å². The molecule has 0 spiro atoms. The van der Waals surface area contributed by atoms with E-state index in [4.69, 9.17) is 5.53 Å². The van der Waals surface area contributed by atoms with Gasteiger partial charge in [-0.05, 0) is 5.92 Å². The molecule has 0 aliphatic heterocycles. The third kappa shape index (κ3) is 3.49. The first-order valence-corrected chi connectivity index (χ1v) is 4.40. The van der Waals surface area contributed by atoms with E-state index in [9.17, 15) is 9.59 Å². The molecule has 0 aromatic carbocycles. The topological polar surface area (TPSA) is 79.8 Å². The van der Waals surface area contributed by atoms with Crippen LogP contribution < -0.4 is 0 Å². The van der Waals surface area contributed by atoms with Gasteiger partial charge in [-0.2, -0.15) is 4.79 Å². The first-order valence-electron chi connectivity index (χ1n) is 4.40. The van der Waals surface area contributed by atoms with Gasteiger partial charge in [-0.1, -0.05) is 20.3 Å². The lowest BCUT2D eigenvalue weighted by Gasteiger charge is -2.03. The predicted octanol–water partition coefficient (Wildman–Crippen LogP) is 0.835. The van der Waals surface area contributed by atoms with E-state index < -0.39 is 17.5 Å². The number of rotatable bonds is 5. The summed E-state index contributed by atoms with van der Waals surface area (Å²) in [5.74, 6) is -1.24. The molecule has 0 fully saturated rings. The molecule has 0 aliphatic carbocycles. The molecule has 0 radical (unpaired) electrons. The SMILES string of the molecule is CC[C@@H](C)CC(=O)C(=[N+]=[N-])C(=O)OC. The van der Waals surface area contributed by atoms with Crippen LogP contribution in [0, 0.1) is 5.92 Å². The second-order valence-electron chi connectivity index (χ2n) is 3.08. The first kappa shape index (κ1) is 12.5. The van der Waals surface area contributed by atoms with Crippen molar-refractivity contribution in [3.63, 3.8) is 0 Å². The van der Waals surface area contributed by atoms with Crippen LogP contribution in [0.1, 0.15) is 26.7 Å². The smallest absolute Gasteiger partial charge is 0.441 e. The Hall–Kier alpha value is -1.48. The molecule has 0 amide bonds. The lowest BCUT2D eigenvalue weighted by molar-refractivity contribution is -0.139. The zero-order valence-electron chi connectivity index (χ0n) is 8.61. The van der Waals surface area contributed by atoms with Crippen LogP contribution in [0.4, 0.5) is 0 Å². The number of nitrogens with zero attached hydrogens (tertiary/aromatic N) is 2. The number of ether oxygens (including phenoxy) is 1. The zero-order valence-corrected chi connectivity index (χ0v) is 8.61. The molecule has 1 atom stereocenters. The number of hydrogen-bond donors (Lipinski definition) is 0. The minimum atomic E-state index is -0.902. The standard InChI is InChI=1S/C9H14N2O3/c1-4-6(2)5-7(12)8(11-10)9(13)14-3/h6H,4-5H2,1-3H3/t6-/m1/s1. The van der Waals surface area contributed by atoms with Crippen LogP contribution in [0.25, 0.3) is 5.53 Å². The summed E-state index contributed by atoms with van der Waals surface area (Å²) in [6.07, 6.45) is 1.01. The summed E-state index contributed by atoms with van der Waals surface area (Å²) in [5.41, 5.74) is 7.92. The Bertz CT molecular complexity index is 280. The van der Waals surface area contributed by atoms with Gasteiger partial charge >= 0.3 is 11.7 Å². The van der Waals surface area contributed by atoms with Crippen LogP contribution in [-0.4, -0.2) is 29.4 Å². The maximum absolute atomic E-state index is 11.4. The summed E-state index contributed by atoms with van der Waals surface area (Å²) >= 11 is 0. The van der Waals surface area contributed by atoms with E-state index in [1.807, 2.05) is 13.8 Å². The average molecular weight is 198 g/mol. The van der Waals surface area contributed by atoms with Gasteiger partial charge in [0.1, 0.15) is 0 Å². The van der Waals surface area contributed by atoms with Crippen molar-refractivity contribution in [2.45, 2.75) is 26.7 Å². The average Bonchev–Trinajstić information content (AvgIpc) is 2.18. The molecular formula is C9H14N2O3. The molecule has 0 bridgehead atoms. The molecule has 0 saturated carbocycles. The molecular weight excluding hydrogens is 184 g/mol. The van der Waals surface area contributed by atoms with E-state index in [0.717, 1.165) is 13.5 Å². The van der Waals surface area contributed by atoms with Gasteiger partial charge in [0.25, 0.3) is 5.78 Å². The molecule has 5 heteroatoms. The van der Waals surface area contributed by atoms with Gasteiger partial charge in [-0.25, -0.2) is 4.79 Å². The van der Waals surface area contributed by atoms with Gasteiger partial charge < -0.3 is 10.3 Å². The summed E-state index contributed by atoms with van der Waals surface area (Å²) in [6.45, 7) is 3.82. The van der Waals surface area contributed by atoms with Crippen molar-refractivity contribution in [2.24, 2.45) is 5.92 Å². The molecule has 0 aromatic rings. The summed E-state index contributed by atoms with van der Waals surface area (Å²) in [7, 11) is 1.13. The highest BCUT2D eigenvalue weighted by Gasteiger charge is 2.30. The van der Waals surface area contributed by atoms with E-state index in [1.54, 1.807) is 0 Å². The molecule has 0 aromatic heterocycles. The number of methoxy groups -OCH3 is 1. The van der Waals surface area contributed by atoms with Crippen molar-refractivity contribution in [2.75, 3.05) is 7.11 Å². The summed E-state index contributed by atoms with van der Waals surface area (Å²) in [5, 5.41) is 0. The minimum absolute atomic E-state index is 0.156. The van der Waals surface area contributed by atoms with Crippen molar-refractivity contribution in [3.8, 4) is 0 Å². The van der Waals surface area contributed by atoms with E-state index >= 15 is 0 Å². The second-order valence-corrected chi connectivity index (χ2v) is 3.08. The number of hydrogen-bond acceptors (Lipinski definition) is 3. The van der Waals surface area contributed by atoms with Crippen LogP contribution in [0.3, 0.4) is 0 Å². The summed E-state index contributed by atoms with van der Waals surface area (Å²) < 4.78 is 4.29. The molecule has 0 aliphatic rings. The van der Waals surface area contributed by atoms with Crippen molar-refractivity contribution in [1.29, 1.82) is 0 Å². The number of carbonyl (C=O) groups excluding carboxylic acids is 2. The van der Waals surface area contributed by atoms with E-state index in [1.165, 1.54) is 0 Å². The highest BCUT2D eigenvalue weighted by atomic mass is 16.5. The molecule has 5 nitrogen and oxygen atoms in total. The fourth-order valence-electron chi connectivity index (χ4n) is 0.865. The second kappa shape index (κ2) is 6.05.